The molecule has 3 atom stereocenters. The molecule has 4 bridgehead atoms. The molecule has 4 aliphatic carbocycles. The minimum absolute atomic E-state index is 0.0444. The van der Waals surface area contributed by atoms with Gasteiger partial charge in [-0.2, -0.15) is 0 Å². The summed E-state index contributed by atoms with van der Waals surface area (Å²) in [7, 11) is 0. The molecule has 4 saturated carbocycles. The summed E-state index contributed by atoms with van der Waals surface area (Å²) in [5.41, 5.74) is 1.57. The molecule has 1 aromatic carbocycles. The first-order chi connectivity index (χ1) is 16.1. The van der Waals surface area contributed by atoms with Gasteiger partial charge in [-0.3, -0.25) is 0 Å². The normalized spacial score (nSPS) is 29.6. The Balaban J connectivity index is 0.000000481. The Morgan fingerprint density at radius 1 is 1.06 bits per heavy atom. The number of halogens is 1. The van der Waals surface area contributed by atoms with Gasteiger partial charge in [0, 0.05) is 17.6 Å². The molecular formula is C26H38ClNO6. The molecule has 8 heteroatoms. The summed E-state index contributed by atoms with van der Waals surface area (Å²) in [6.45, 7) is 5.30. The second-order valence-electron chi connectivity index (χ2n) is 10.4. The minimum Gasteiger partial charge on any atom is -0.473 e. The van der Waals surface area contributed by atoms with E-state index in [1.807, 2.05) is 31.2 Å². The fourth-order valence-electron chi connectivity index (χ4n) is 6.82. The van der Waals surface area contributed by atoms with Crippen molar-refractivity contribution in [2.75, 3.05) is 13.2 Å². The molecule has 0 spiro atoms. The molecule has 0 aromatic heterocycles. The van der Waals surface area contributed by atoms with Crippen molar-refractivity contribution in [3.63, 3.8) is 0 Å². The van der Waals surface area contributed by atoms with Crippen LogP contribution in [0.15, 0.2) is 24.3 Å². The van der Waals surface area contributed by atoms with Crippen molar-refractivity contribution >= 4 is 23.5 Å². The van der Waals surface area contributed by atoms with E-state index in [0.717, 1.165) is 34.8 Å². The van der Waals surface area contributed by atoms with Crippen molar-refractivity contribution in [3.8, 4) is 0 Å². The van der Waals surface area contributed by atoms with Crippen molar-refractivity contribution < 1.29 is 29.6 Å². The number of hydrogen-bond acceptors (Lipinski definition) is 5. The molecule has 0 amide bonds. The summed E-state index contributed by atoms with van der Waals surface area (Å²) in [6.07, 6.45) is 9.30. The molecular weight excluding hydrogens is 458 g/mol. The molecule has 0 radical (unpaired) electrons. The molecule has 0 saturated heterocycles. The van der Waals surface area contributed by atoms with Crippen molar-refractivity contribution in [2.24, 2.45) is 23.2 Å². The second kappa shape index (κ2) is 11.8. The highest BCUT2D eigenvalue weighted by Crippen LogP contribution is 2.61. The van der Waals surface area contributed by atoms with Gasteiger partial charge in [0.25, 0.3) is 0 Å². The van der Waals surface area contributed by atoms with Gasteiger partial charge in [0.1, 0.15) is 0 Å². The molecule has 4 aliphatic rings. The molecule has 0 heterocycles. The van der Waals surface area contributed by atoms with Gasteiger partial charge in [0.2, 0.25) is 0 Å². The van der Waals surface area contributed by atoms with Gasteiger partial charge in [0.05, 0.1) is 18.8 Å². The largest absolute Gasteiger partial charge is 0.473 e. The Morgan fingerprint density at radius 3 is 2.00 bits per heavy atom. The average Bonchev–Trinajstić information content (AvgIpc) is 2.77. The van der Waals surface area contributed by atoms with Crippen molar-refractivity contribution in [1.29, 1.82) is 0 Å². The molecule has 1 aromatic rings. The van der Waals surface area contributed by atoms with Crippen molar-refractivity contribution in [2.45, 2.75) is 77.0 Å². The van der Waals surface area contributed by atoms with Gasteiger partial charge in [-0.25, -0.2) is 9.59 Å². The van der Waals surface area contributed by atoms with Gasteiger partial charge in [0.15, 0.2) is 0 Å². The third-order valence-electron chi connectivity index (χ3n) is 7.89. The Kier molecular flexibility index (Phi) is 9.38. The first-order valence-corrected chi connectivity index (χ1v) is 12.7. The third-order valence-corrected chi connectivity index (χ3v) is 8.15. The molecule has 3 unspecified atom stereocenters. The first kappa shape index (κ1) is 26.9. The summed E-state index contributed by atoms with van der Waals surface area (Å²) in [5.74, 6) is -0.744. The van der Waals surface area contributed by atoms with Crippen LogP contribution in [-0.4, -0.2) is 52.6 Å². The molecule has 7 nitrogen and oxygen atoms in total. The number of aliphatic carboxylic acids is 2. The van der Waals surface area contributed by atoms with Crippen molar-refractivity contribution in [1.82, 2.24) is 5.32 Å². The Labute approximate surface area is 206 Å². The minimum atomic E-state index is -1.82. The number of carbonyl (C=O) groups is 2. The maximum absolute atomic E-state index is 10.5. The highest BCUT2D eigenvalue weighted by Gasteiger charge is 2.53. The Morgan fingerprint density at radius 2 is 1.56 bits per heavy atom. The van der Waals surface area contributed by atoms with Crippen LogP contribution >= 0.6 is 11.6 Å². The molecule has 5 rings (SSSR count). The number of carboxylic acid groups (broad SMARTS) is 2. The fourth-order valence-corrected chi connectivity index (χ4v) is 6.95. The number of aliphatic hydroxyl groups is 1. The molecule has 4 N–H and O–H groups in total. The van der Waals surface area contributed by atoms with E-state index in [1.54, 1.807) is 0 Å². The Bertz CT molecular complexity index is 782. The highest BCUT2D eigenvalue weighted by atomic mass is 35.5. The van der Waals surface area contributed by atoms with E-state index in [4.69, 9.17) is 36.1 Å². The zero-order chi connectivity index (χ0) is 24.9. The van der Waals surface area contributed by atoms with E-state index >= 15 is 0 Å². The predicted molar refractivity (Wildman–Crippen MR) is 130 cm³/mol. The van der Waals surface area contributed by atoms with Gasteiger partial charge in [-0.05, 0) is 92.7 Å². The van der Waals surface area contributed by atoms with Crippen LogP contribution in [0.2, 0.25) is 5.02 Å². The monoisotopic (exact) mass is 495 g/mol. The van der Waals surface area contributed by atoms with Gasteiger partial charge >= 0.3 is 11.9 Å². The topological polar surface area (TPSA) is 116 Å². The lowest BCUT2D eigenvalue weighted by Gasteiger charge is -2.59. The van der Waals surface area contributed by atoms with Gasteiger partial charge in [-0.1, -0.05) is 30.7 Å². The number of ether oxygens (including phenoxy) is 1. The number of benzene rings is 1. The SMILES string of the molecule is CCC(NCC(O)COC(C)c1ccc(Cl)cc1)C12CC3CC(CC(C3)C1)C2.O=C(O)C(=O)O. The van der Waals surface area contributed by atoms with Crippen LogP contribution < -0.4 is 5.32 Å². The van der Waals surface area contributed by atoms with Crippen LogP contribution in [0, 0.1) is 23.2 Å². The van der Waals surface area contributed by atoms with E-state index in [9.17, 15) is 5.11 Å². The quantitative estimate of drug-likeness (QED) is 0.372. The van der Waals surface area contributed by atoms with E-state index in [-0.39, 0.29) is 6.10 Å². The lowest BCUT2D eigenvalue weighted by molar-refractivity contribution is -0.159. The maximum Gasteiger partial charge on any atom is 0.414 e. The van der Waals surface area contributed by atoms with Crippen LogP contribution in [0.5, 0.6) is 0 Å². The fraction of sp³-hybridized carbons (Fsp3) is 0.692. The first-order valence-electron chi connectivity index (χ1n) is 12.4. The van der Waals surface area contributed by atoms with Crippen LogP contribution in [0.25, 0.3) is 0 Å². The van der Waals surface area contributed by atoms with Crippen molar-refractivity contribution in [3.05, 3.63) is 34.9 Å². The number of carboxylic acids is 2. The molecule has 4 fully saturated rings. The summed E-state index contributed by atoms with van der Waals surface area (Å²) in [6, 6.07) is 8.26. The zero-order valence-electron chi connectivity index (χ0n) is 20.1. The highest BCUT2D eigenvalue weighted by molar-refractivity contribution is 6.30. The number of nitrogens with one attached hydrogen (secondary N) is 1. The number of aliphatic hydroxyl groups excluding tert-OH is 1. The van der Waals surface area contributed by atoms with Gasteiger partial charge in [-0.15, -0.1) is 0 Å². The van der Waals surface area contributed by atoms with E-state index in [0.29, 0.717) is 24.6 Å². The molecule has 0 aliphatic heterocycles. The second-order valence-corrected chi connectivity index (χ2v) is 10.9. The smallest absolute Gasteiger partial charge is 0.414 e. The lowest BCUT2D eigenvalue weighted by Crippen LogP contribution is -2.56. The standard InChI is InChI=1S/C24H36ClNO2.C2H2O4/c1-3-23(24-11-17-8-18(12-24)10-19(9-17)13-24)26-14-22(27)15-28-16(2)20-4-6-21(25)7-5-20;3-1(4)2(5)6/h4-7,16-19,22-23,26-27H,3,8-15H2,1-2H3;(H,3,4)(H,5,6). The summed E-state index contributed by atoms with van der Waals surface area (Å²) in [5, 5.41) is 29.8. The maximum atomic E-state index is 10.5. The van der Waals surface area contributed by atoms with Crippen LogP contribution in [0.3, 0.4) is 0 Å². The van der Waals surface area contributed by atoms with Crippen LogP contribution in [0.1, 0.15) is 70.5 Å². The van der Waals surface area contributed by atoms with Crippen LogP contribution in [-0.2, 0) is 14.3 Å². The third kappa shape index (κ3) is 6.94. The van der Waals surface area contributed by atoms with E-state index in [1.165, 1.54) is 38.5 Å². The number of hydrogen-bond donors (Lipinski definition) is 4. The number of rotatable bonds is 9. The van der Waals surface area contributed by atoms with E-state index in [2.05, 4.69) is 12.2 Å². The summed E-state index contributed by atoms with van der Waals surface area (Å²) in [4.78, 5) is 18.2. The summed E-state index contributed by atoms with van der Waals surface area (Å²) < 4.78 is 5.91. The average molecular weight is 496 g/mol. The van der Waals surface area contributed by atoms with E-state index < -0.39 is 18.0 Å². The summed E-state index contributed by atoms with van der Waals surface area (Å²) >= 11 is 5.95. The van der Waals surface area contributed by atoms with Gasteiger partial charge < -0.3 is 25.4 Å². The zero-order valence-corrected chi connectivity index (χ0v) is 20.8. The molecule has 34 heavy (non-hydrogen) atoms. The Hall–Kier alpha value is -1.67. The van der Waals surface area contributed by atoms with Crippen LogP contribution in [0.4, 0.5) is 0 Å². The predicted octanol–water partition coefficient (Wildman–Crippen LogP) is 4.52. The lowest BCUT2D eigenvalue weighted by atomic mass is 9.47. The molecule has 190 valence electrons.